The number of benzene rings is 1. The van der Waals surface area contributed by atoms with Gasteiger partial charge >= 0.3 is 5.97 Å². The Kier molecular flexibility index (Phi) is 5.16. The lowest BCUT2D eigenvalue weighted by atomic mass is 10.1. The number of hydrogen-bond acceptors (Lipinski definition) is 4. The van der Waals surface area contributed by atoms with Crippen molar-refractivity contribution in [1.82, 2.24) is 4.90 Å². The molecule has 1 aromatic rings. The Hall–Kier alpha value is -2.08. The van der Waals surface area contributed by atoms with Crippen molar-refractivity contribution in [2.24, 2.45) is 0 Å². The van der Waals surface area contributed by atoms with Crippen LogP contribution in [0.25, 0.3) is 0 Å². The summed E-state index contributed by atoms with van der Waals surface area (Å²) >= 11 is 0. The second kappa shape index (κ2) is 7.08. The summed E-state index contributed by atoms with van der Waals surface area (Å²) in [5.41, 5.74) is 0. The highest BCUT2D eigenvalue weighted by molar-refractivity contribution is 5.87. The van der Waals surface area contributed by atoms with Gasteiger partial charge in [-0.05, 0) is 18.6 Å². The van der Waals surface area contributed by atoms with Gasteiger partial charge in [0.2, 0.25) is 0 Å². The second-order valence-corrected chi connectivity index (χ2v) is 4.79. The van der Waals surface area contributed by atoms with E-state index in [0.29, 0.717) is 18.8 Å². The normalized spacial score (nSPS) is 19.9. The van der Waals surface area contributed by atoms with Gasteiger partial charge in [0.1, 0.15) is 5.75 Å². The molecule has 21 heavy (non-hydrogen) atoms. The van der Waals surface area contributed by atoms with Gasteiger partial charge in [-0.25, -0.2) is 4.79 Å². The fourth-order valence-corrected chi connectivity index (χ4v) is 2.23. The number of nitrogens with zero attached hydrogens (tertiary/aromatic N) is 1. The molecule has 0 spiro atoms. The van der Waals surface area contributed by atoms with Gasteiger partial charge in [0.05, 0.1) is 13.2 Å². The summed E-state index contributed by atoms with van der Waals surface area (Å²) in [5.74, 6) is -0.771. The van der Waals surface area contributed by atoms with Crippen LogP contribution in [0.1, 0.15) is 13.3 Å². The van der Waals surface area contributed by atoms with Crippen LogP contribution in [0, 0.1) is 0 Å². The highest BCUT2D eigenvalue weighted by atomic mass is 16.5. The van der Waals surface area contributed by atoms with Crippen LogP contribution in [-0.2, 0) is 14.3 Å². The number of para-hydroxylation sites is 1. The molecule has 0 saturated carbocycles. The third-order valence-corrected chi connectivity index (χ3v) is 3.36. The van der Waals surface area contributed by atoms with E-state index in [2.05, 4.69) is 0 Å². The molecule has 1 aromatic carbocycles. The van der Waals surface area contributed by atoms with Crippen LogP contribution in [0.4, 0.5) is 0 Å². The van der Waals surface area contributed by atoms with Crippen molar-refractivity contribution >= 4 is 11.9 Å². The number of carboxylic acid groups (broad SMARTS) is 1. The molecule has 0 radical (unpaired) electrons. The highest BCUT2D eigenvalue weighted by Gasteiger charge is 2.36. The van der Waals surface area contributed by atoms with Crippen LogP contribution in [-0.4, -0.2) is 53.8 Å². The van der Waals surface area contributed by atoms with Crippen molar-refractivity contribution in [2.45, 2.75) is 25.5 Å². The molecule has 6 heteroatoms. The van der Waals surface area contributed by atoms with Gasteiger partial charge in [0.25, 0.3) is 5.91 Å². The molecule has 6 nitrogen and oxygen atoms in total. The molecule has 1 amide bonds. The largest absolute Gasteiger partial charge is 0.481 e. The maximum absolute atomic E-state index is 12.5. The lowest BCUT2D eigenvalue weighted by Gasteiger charge is -2.35. The van der Waals surface area contributed by atoms with Crippen molar-refractivity contribution in [1.29, 1.82) is 0 Å². The molecular weight excluding hydrogens is 274 g/mol. The smallest absolute Gasteiger partial charge is 0.328 e. The van der Waals surface area contributed by atoms with Crippen molar-refractivity contribution in [3.05, 3.63) is 30.3 Å². The minimum Gasteiger partial charge on any atom is -0.481 e. The Morgan fingerprint density at radius 3 is 2.76 bits per heavy atom. The summed E-state index contributed by atoms with van der Waals surface area (Å²) in [6.07, 6.45) is -0.218. The van der Waals surface area contributed by atoms with Crippen LogP contribution >= 0.6 is 0 Å². The van der Waals surface area contributed by atoms with E-state index in [1.165, 1.54) is 4.90 Å². The number of amides is 1. The number of hydrogen-bond donors (Lipinski definition) is 1. The first-order chi connectivity index (χ1) is 10.1. The van der Waals surface area contributed by atoms with Crippen LogP contribution in [0.5, 0.6) is 5.75 Å². The fraction of sp³-hybridized carbons (Fsp3) is 0.467. The van der Waals surface area contributed by atoms with E-state index in [9.17, 15) is 14.7 Å². The zero-order valence-corrected chi connectivity index (χ0v) is 11.9. The van der Waals surface area contributed by atoms with Gasteiger partial charge in [-0.3, -0.25) is 4.79 Å². The van der Waals surface area contributed by atoms with E-state index in [0.717, 1.165) is 0 Å². The van der Waals surface area contributed by atoms with Crippen LogP contribution in [0.2, 0.25) is 0 Å². The predicted octanol–water partition coefficient (Wildman–Crippen LogP) is 1.16. The monoisotopic (exact) mass is 293 g/mol. The summed E-state index contributed by atoms with van der Waals surface area (Å²) in [5, 5.41) is 9.19. The zero-order chi connectivity index (χ0) is 15.2. The first-order valence-electron chi connectivity index (χ1n) is 6.96. The Morgan fingerprint density at radius 2 is 2.14 bits per heavy atom. The standard InChI is InChI=1S/C15H19NO5/c1-2-13(21-11-6-4-3-5-7-11)14(17)16-8-9-20-10-12(16)15(18)19/h3-7,12-13H,2,8-10H2,1H3,(H,18,19). The Morgan fingerprint density at radius 1 is 1.43 bits per heavy atom. The Bertz CT molecular complexity index is 490. The molecular formula is C15H19NO5. The molecule has 1 N–H and O–H groups in total. The number of morpholine rings is 1. The SMILES string of the molecule is CCC(Oc1ccccc1)C(=O)N1CCOCC1C(=O)O. The summed E-state index contributed by atoms with van der Waals surface area (Å²) < 4.78 is 10.8. The van der Waals surface area contributed by atoms with Crippen molar-refractivity contribution in [3.63, 3.8) is 0 Å². The van der Waals surface area contributed by atoms with Crippen LogP contribution in [0.15, 0.2) is 30.3 Å². The third kappa shape index (κ3) is 3.72. The lowest BCUT2D eigenvalue weighted by molar-refractivity contribution is -0.161. The van der Waals surface area contributed by atoms with E-state index in [-0.39, 0.29) is 19.1 Å². The number of carboxylic acids is 1. The van der Waals surface area contributed by atoms with Crippen molar-refractivity contribution in [3.8, 4) is 5.75 Å². The van der Waals surface area contributed by atoms with Crippen LogP contribution in [0.3, 0.4) is 0 Å². The van der Waals surface area contributed by atoms with E-state index in [1.54, 1.807) is 12.1 Å². The minimum absolute atomic E-state index is 0.0167. The summed E-state index contributed by atoms with van der Waals surface area (Å²) in [4.78, 5) is 25.1. The molecule has 0 aromatic heterocycles. The number of carbonyl (C=O) groups excluding carboxylic acids is 1. The molecule has 1 aliphatic heterocycles. The number of aliphatic carboxylic acids is 1. The molecule has 1 heterocycles. The van der Waals surface area contributed by atoms with Gasteiger partial charge in [-0.2, -0.15) is 0 Å². The zero-order valence-electron chi connectivity index (χ0n) is 11.9. The molecule has 1 saturated heterocycles. The van der Waals surface area contributed by atoms with Crippen molar-refractivity contribution in [2.75, 3.05) is 19.8 Å². The molecule has 2 rings (SSSR count). The highest BCUT2D eigenvalue weighted by Crippen LogP contribution is 2.16. The quantitative estimate of drug-likeness (QED) is 0.881. The van der Waals surface area contributed by atoms with Gasteiger partial charge in [-0.1, -0.05) is 25.1 Å². The lowest BCUT2D eigenvalue weighted by Crippen LogP contribution is -2.56. The molecule has 0 bridgehead atoms. The third-order valence-electron chi connectivity index (χ3n) is 3.36. The molecule has 1 aliphatic rings. The van der Waals surface area contributed by atoms with E-state index in [4.69, 9.17) is 9.47 Å². The Labute approximate surface area is 123 Å². The molecule has 0 aliphatic carbocycles. The summed E-state index contributed by atoms with van der Waals surface area (Å²) in [6.45, 7) is 2.46. The maximum atomic E-state index is 12.5. The summed E-state index contributed by atoms with van der Waals surface area (Å²) in [6, 6.07) is 8.09. The first-order valence-corrected chi connectivity index (χ1v) is 6.96. The second-order valence-electron chi connectivity index (χ2n) is 4.79. The van der Waals surface area contributed by atoms with E-state index < -0.39 is 18.1 Å². The minimum atomic E-state index is -1.06. The summed E-state index contributed by atoms with van der Waals surface area (Å²) in [7, 11) is 0. The van der Waals surface area contributed by atoms with Gasteiger partial charge in [0.15, 0.2) is 12.1 Å². The number of rotatable bonds is 5. The first kappa shape index (κ1) is 15.3. The average molecular weight is 293 g/mol. The molecule has 2 unspecified atom stereocenters. The number of ether oxygens (including phenoxy) is 2. The molecule has 1 fully saturated rings. The topological polar surface area (TPSA) is 76.1 Å². The maximum Gasteiger partial charge on any atom is 0.328 e. The van der Waals surface area contributed by atoms with Gasteiger partial charge < -0.3 is 19.5 Å². The number of carbonyl (C=O) groups is 2. The average Bonchev–Trinajstić information content (AvgIpc) is 2.53. The van der Waals surface area contributed by atoms with Gasteiger partial charge in [-0.15, -0.1) is 0 Å². The molecule has 2 atom stereocenters. The van der Waals surface area contributed by atoms with Crippen molar-refractivity contribution < 1.29 is 24.2 Å². The van der Waals surface area contributed by atoms with Gasteiger partial charge in [0, 0.05) is 6.54 Å². The van der Waals surface area contributed by atoms with Crippen LogP contribution < -0.4 is 4.74 Å². The van der Waals surface area contributed by atoms with E-state index >= 15 is 0 Å². The predicted molar refractivity (Wildman–Crippen MR) is 75.1 cm³/mol. The Balaban J connectivity index is 2.09. The van der Waals surface area contributed by atoms with E-state index in [1.807, 2.05) is 25.1 Å². The molecule has 114 valence electrons. The fourth-order valence-electron chi connectivity index (χ4n) is 2.23.